The van der Waals surface area contributed by atoms with E-state index in [2.05, 4.69) is 15.6 Å². The first kappa shape index (κ1) is 35.9. The van der Waals surface area contributed by atoms with Gasteiger partial charge in [0, 0.05) is 23.8 Å². The highest BCUT2D eigenvalue weighted by atomic mass is 19.4. The summed E-state index contributed by atoms with van der Waals surface area (Å²) in [6.45, 7) is 6.34. The number of nitrogens with one attached hydrogen (secondary N) is 2. The smallest absolute Gasteiger partial charge is 0.490 e. The van der Waals surface area contributed by atoms with E-state index < -0.39 is 24.2 Å². The van der Waals surface area contributed by atoms with E-state index in [1.807, 2.05) is 63.2 Å². The molecule has 1 unspecified atom stereocenters. The van der Waals surface area contributed by atoms with Crippen molar-refractivity contribution in [2.75, 3.05) is 24.8 Å². The summed E-state index contributed by atoms with van der Waals surface area (Å²) < 4.78 is 48.4. The number of benzene rings is 3. The molecule has 4 aromatic rings. The van der Waals surface area contributed by atoms with Crippen molar-refractivity contribution in [1.82, 2.24) is 10.3 Å². The van der Waals surface area contributed by atoms with Gasteiger partial charge in [0.25, 0.3) is 0 Å². The van der Waals surface area contributed by atoms with Crippen LogP contribution in [0.2, 0.25) is 0 Å². The van der Waals surface area contributed by atoms with E-state index in [1.165, 1.54) is 7.11 Å². The number of pyridine rings is 1. The summed E-state index contributed by atoms with van der Waals surface area (Å²) in [5.74, 6) is -1.94. The maximum absolute atomic E-state index is 13.7. The van der Waals surface area contributed by atoms with Gasteiger partial charge < -0.3 is 35.7 Å². The summed E-state index contributed by atoms with van der Waals surface area (Å²) >= 11 is 0. The molecule has 1 atom stereocenters. The Morgan fingerprint density at radius 2 is 1.70 bits per heavy atom. The van der Waals surface area contributed by atoms with Gasteiger partial charge in [-0.25, -0.2) is 14.6 Å². The molecule has 0 spiro atoms. The zero-order valence-electron chi connectivity index (χ0n) is 26.1. The van der Waals surface area contributed by atoms with Crippen molar-refractivity contribution in [3.8, 4) is 11.5 Å². The number of aromatic nitrogens is 1. The molecule has 0 radical (unpaired) electrons. The van der Waals surface area contributed by atoms with Gasteiger partial charge in [0.1, 0.15) is 11.9 Å². The molecule has 1 amide bonds. The number of carbonyl (C=O) groups is 3. The molecule has 0 saturated heterocycles. The Hall–Kier alpha value is -5.53. The van der Waals surface area contributed by atoms with Crippen molar-refractivity contribution in [2.45, 2.75) is 45.6 Å². The number of methoxy groups -OCH3 is 1. The number of esters is 1. The number of amides is 1. The monoisotopic (exact) mass is 656 g/mol. The topological polar surface area (TPSA) is 162 Å². The SMILES string of the molecule is CCOc1cc(C(Nc2ccc3c(N)nccc3c2)C(=O)NCc2ccccc2C(=O)OC)ccc1OC(C)C.O=C(O)C(F)(F)F. The molecule has 0 aliphatic carbocycles. The summed E-state index contributed by atoms with van der Waals surface area (Å²) in [4.78, 5) is 39.0. The first-order valence-electron chi connectivity index (χ1n) is 14.3. The Bertz CT molecular complexity index is 1710. The van der Waals surface area contributed by atoms with E-state index in [4.69, 9.17) is 29.8 Å². The third-order valence-electron chi connectivity index (χ3n) is 6.45. The minimum absolute atomic E-state index is 0.0447. The first-order chi connectivity index (χ1) is 22.2. The molecule has 4 rings (SSSR count). The molecule has 0 aliphatic rings. The van der Waals surface area contributed by atoms with E-state index in [-0.39, 0.29) is 18.6 Å². The first-order valence-corrected chi connectivity index (χ1v) is 14.3. The summed E-state index contributed by atoms with van der Waals surface area (Å²) in [5.41, 5.74) is 8.45. The van der Waals surface area contributed by atoms with E-state index in [0.717, 1.165) is 10.8 Å². The van der Waals surface area contributed by atoms with Gasteiger partial charge in [0.05, 0.1) is 25.4 Å². The van der Waals surface area contributed by atoms with Crippen LogP contribution in [0.4, 0.5) is 24.7 Å². The number of hydrogen-bond acceptors (Lipinski definition) is 9. The van der Waals surface area contributed by atoms with E-state index in [0.29, 0.717) is 46.3 Å². The lowest BCUT2D eigenvalue weighted by Gasteiger charge is -2.22. The number of anilines is 2. The van der Waals surface area contributed by atoms with Crippen molar-refractivity contribution in [3.63, 3.8) is 0 Å². The number of rotatable bonds is 11. The van der Waals surface area contributed by atoms with Gasteiger partial charge in [0.15, 0.2) is 11.5 Å². The van der Waals surface area contributed by atoms with E-state index >= 15 is 0 Å². The number of ether oxygens (including phenoxy) is 3. The number of carboxylic acid groups (broad SMARTS) is 1. The molecule has 1 heterocycles. The van der Waals surface area contributed by atoms with E-state index in [1.54, 1.807) is 30.5 Å². The second-order valence-corrected chi connectivity index (χ2v) is 10.2. The fraction of sp³-hybridized carbons (Fsp3) is 0.273. The molecule has 11 nitrogen and oxygen atoms in total. The lowest BCUT2D eigenvalue weighted by Crippen LogP contribution is -2.33. The number of fused-ring (bicyclic) bond motifs is 1. The second kappa shape index (κ2) is 16.2. The minimum Gasteiger partial charge on any atom is -0.490 e. The van der Waals surface area contributed by atoms with Crippen LogP contribution in [0.3, 0.4) is 0 Å². The summed E-state index contributed by atoms with van der Waals surface area (Å²) in [7, 11) is 1.33. The Morgan fingerprint density at radius 3 is 2.34 bits per heavy atom. The standard InChI is InChI=1S/C31H34N4O5.C2HF3O2/c1-5-39-27-17-21(10-13-26(27)40-19(2)3)28(35-23-11-12-24-20(16-23)14-15-33-29(24)32)30(36)34-18-22-8-6-7-9-25(22)31(37)38-4;3-2(4,5)1(6)7/h6-17,19,28,35H,5,18H2,1-4H3,(H2,32,33)(H,34,36);(H,6,7). The molecular formula is C33H35F3N4O7. The van der Waals surface area contributed by atoms with Crippen LogP contribution in [0.1, 0.15) is 48.3 Å². The molecule has 0 aliphatic heterocycles. The van der Waals surface area contributed by atoms with Crippen LogP contribution in [0.25, 0.3) is 10.8 Å². The number of hydrogen-bond donors (Lipinski definition) is 4. The molecule has 14 heteroatoms. The highest BCUT2D eigenvalue weighted by Gasteiger charge is 2.38. The molecule has 0 bridgehead atoms. The quantitative estimate of drug-likeness (QED) is 0.143. The van der Waals surface area contributed by atoms with Crippen LogP contribution in [-0.4, -0.2) is 53.9 Å². The van der Waals surface area contributed by atoms with Gasteiger partial charge >= 0.3 is 18.1 Å². The van der Waals surface area contributed by atoms with Gasteiger partial charge in [0.2, 0.25) is 5.91 Å². The van der Waals surface area contributed by atoms with Crippen molar-refractivity contribution < 1.29 is 46.9 Å². The fourth-order valence-corrected chi connectivity index (χ4v) is 4.35. The Kier molecular flexibility index (Phi) is 12.4. The van der Waals surface area contributed by atoms with Crippen LogP contribution in [0.15, 0.2) is 72.9 Å². The highest BCUT2D eigenvalue weighted by molar-refractivity contribution is 5.94. The van der Waals surface area contributed by atoms with Crippen LogP contribution in [0.5, 0.6) is 11.5 Å². The molecule has 250 valence electrons. The lowest BCUT2D eigenvalue weighted by molar-refractivity contribution is -0.192. The predicted octanol–water partition coefficient (Wildman–Crippen LogP) is 5.89. The highest BCUT2D eigenvalue weighted by Crippen LogP contribution is 2.33. The van der Waals surface area contributed by atoms with Crippen LogP contribution >= 0.6 is 0 Å². The minimum atomic E-state index is -5.08. The number of alkyl halides is 3. The second-order valence-electron chi connectivity index (χ2n) is 10.2. The molecule has 3 aromatic carbocycles. The molecule has 5 N–H and O–H groups in total. The fourth-order valence-electron chi connectivity index (χ4n) is 4.35. The van der Waals surface area contributed by atoms with Crippen molar-refractivity contribution in [2.24, 2.45) is 0 Å². The number of nitrogen functional groups attached to an aromatic ring is 1. The van der Waals surface area contributed by atoms with Crippen LogP contribution in [0, 0.1) is 0 Å². The zero-order valence-corrected chi connectivity index (χ0v) is 26.1. The molecule has 47 heavy (non-hydrogen) atoms. The largest absolute Gasteiger partial charge is 0.490 e. The molecule has 0 fully saturated rings. The van der Waals surface area contributed by atoms with Crippen molar-refractivity contribution >= 4 is 40.1 Å². The third kappa shape index (κ3) is 9.98. The number of halogens is 3. The maximum atomic E-state index is 13.7. The average Bonchev–Trinajstić information content (AvgIpc) is 3.03. The lowest BCUT2D eigenvalue weighted by atomic mass is 10.0. The number of nitrogens with zero attached hydrogens (tertiary/aromatic N) is 1. The van der Waals surface area contributed by atoms with Crippen LogP contribution in [-0.2, 0) is 20.9 Å². The predicted molar refractivity (Wildman–Crippen MR) is 169 cm³/mol. The summed E-state index contributed by atoms with van der Waals surface area (Å²) in [5, 5.41) is 15.2. The molecule has 1 aromatic heterocycles. The van der Waals surface area contributed by atoms with Gasteiger partial charge in [-0.3, -0.25) is 4.79 Å². The van der Waals surface area contributed by atoms with E-state index in [9.17, 15) is 22.8 Å². The van der Waals surface area contributed by atoms with Crippen LogP contribution < -0.4 is 25.8 Å². The molecular weight excluding hydrogens is 621 g/mol. The third-order valence-corrected chi connectivity index (χ3v) is 6.45. The number of aliphatic carboxylic acids is 1. The van der Waals surface area contributed by atoms with Crippen molar-refractivity contribution in [3.05, 3.63) is 89.6 Å². The summed E-state index contributed by atoms with van der Waals surface area (Å²) in [6, 6.07) is 19.2. The zero-order chi connectivity index (χ0) is 34.7. The number of carboxylic acids is 1. The Balaban J connectivity index is 0.000000771. The van der Waals surface area contributed by atoms with Gasteiger partial charge in [-0.2, -0.15) is 13.2 Å². The Morgan fingerprint density at radius 1 is 1.00 bits per heavy atom. The average molecular weight is 657 g/mol. The molecule has 0 saturated carbocycles. The normalized spacial score (nSPS) is 11.6. The Labute approximate surface area is 268 Å². The summed E-state index contributed by atoms with van der Waals surface area (Å²) in [6.07, 6.45) is -3.48. The van der Waals surface area contributed by atoms with Crippen molar-refractivity contribution in [1.29, 1.82) is 0 Å². The van der Waals surface area contributed by atoms with Gasteiger partial charge in [-0.1, -0.05) is 24.3 Å². The number of carbonyl (C=O) groups excluding carboxylic acids is 2. The maximum Gasteiger partial charge on any atom is 0.490 e. The van der Waals surface area contributed by atoms with Gasteiger partial charge in [-0.05, 0) is 79.7 Å². The number of nitrogens with two attached hydrogens (primary N) is 1. The van der Waals surface area contributed by atoms with Gasteiger partial charge in [-0.15, -0.1) is 0 Å².